The van der Waals surface area contributed by atoms with Crippen LogP contribution in [0.5, 0.6) is 0 Å². The molecule has 2 atom stereocenters. The molecule has 1 aromatic heterocycles. The van der Waals surface area contributed by atoms with E-state index in [-0.39, 0.29) is 12.1 Å². The standard InChI is InChI=1S/C12H12F2N3O/c1-8(18)11(5-17-7-15-6-16-17)10-4-9(13)2-3-12(10)14/h2-4,6-8,11H,5H2,1H3/q-1. The fraction of sp³-hybridized carbons (Fsp3) is 0.333. The molecule has 2 aromatic rings. The summed E-state index contributed by atoms with van der Waals surface area (Å²) in [6.45, 7) is 1.59. The lowest BCUT2D eigenvalue weighted by Crippen LogP contribution is -2.32. The average molecular weight is 252 g/mol. The molecule has 0 aliphatic rings. The summed E-state index contributed by atoms with van der Waals surface area (Å²) in [7, 11) is 0. The highest BCUT2D eigenvalue weighted by Gasteiger charge is 2.18. The Bertz CT molecular complexity index is 514. The summed E-state index contributed by atoms with van der Waals surface area (Å²) in [5, 5.41) is 15.5. The molecule has 0 aliphatic carbocycles. The van der Waals surface area contributed by atoms with E-state index >= 15 is 0 Å². The van der Waals surface area contributed by atoms with Crippen molar-refractivity contribution >= 4 is 0 Å². The van der Waals surface area contributed by atoms with E-state index in [1.807, 2.05) is 0 Å². The van der Waals surface area contributed by atoms with Crippen molar-refractivity contribution in [2.45, 2.75) is 25.5 Å². The van der Waals surface area contributed by atoms with E-state index in [0.717, 1.165) is 18.2 Å². The van der Waals surface area contributed by atoms with Crippen molar-refractivity contribution in [2.24, 2.45) is 0 Å². The maximum atomic E-state index is 13.7. The van der Waals surface area contributed by atoms with Crippen LogP contribution in [-0.4, -0.2) is 20.9 Å². The van der Waals surface area contributed by atoms with E-state index in [4.69, 9.17) is 0 Å². The highest BCUT2D eigenvalue weighted by atomic mass is 19.1. The summed E-state index contributed by atoms with van der Waals surface area (Å²) in [5.41, 5.74) is 0.0769. The first-order chi connectivity index (χ1) is 8.58. The number of aromatic nitrogens is 3. The third-order valence-electron chi connectivity index (χ3n) is 2.77. The summed E-state index contributed by atoms with van der Waals surface area (Å²) in [6, 6.07) is 3.12. The van der Waals surface area contributed by atoms with Crippen molar-refractivity contribution in [2.75, 3.05) is 0 Å². The highest BCUT2D eigenvalue weighted by Crippen LogP contribution is 2.24. The Hall–Kier alpha value is -1.82. The molecule has 6 heteroatoms. The van der Waals surface area contributed by atoms with Gasteiger partial charge in [-0.1, -0.05) is 6.92 Å². The first kappa shape index (κ1) is 12.6. The molecule has 1 heterocycles. The van der Waals surface area contributed by atoms with E-state index in [1.165, 1.54) is 24.3 Å². The van der Waals surface area contributed by atoms with Gasteiger partial charge in [0.2, 0.25) is 0 Å². The van der Waals surface area contributed by atoms with Gasteiger partial charge < -0.3 is 5.11 Å². The molecule has 0 amide bonds. The lowest BCUT2D eigenvalue weighted by Gasteiger charge is -2.29. The second-order valence-electron chi connectivity index (χ2n) is 4.09. The van der Waals surface area contributed by atoms with Crippen molar-refractivity contribution in [3.05, 3.63) is 48.1 Å². The molecular formula is C12H12F2N3O-. The van der Waals surface area contributed by atoms with Gasteiger partial charge in [-0.25, -0.2) is 13.8 Å². The smallest absolute Gasteiger partial charge is 0.137 e. The maximum absolute atomic E-state index is 13.7. The van der Waals surface area contributed by atoms with Gasteiger partial charge in [0.15, 0.2) is 0 Å². The second kappa shape index (κ2) is 5.22. The van der Waals surface area contributed by atoms with Gasteiger partial charge in [-0.05, 0) is 29.7 Å². The van der Waals surface area contributed by atoms with Gasteiger partial charge in [-0.15, -0.1) is 6.10 Å². The van der Waals surface area contributed by atoms with Crippen molar-refractivity contribution in [3.63, 3.8) is 0 Å². The zero-order valence-corrected chi connectivity index (χ0v) is 9.75. The molecule has 0 radical (unpaired) electrons. The maximum Gasteiger partial charge on any atom is 0.137 e. The van der Waals surface area contributed by atoms with Gasteiger partial charge in [0.1, 0.15) is 24.3 Å². The summed E-state index contributed by atoms with van der Waals surface area (Å²) in [6.07, 6.45) is 1.69. The molecule has 18 heavy (non-hydrogen) atoms. The first-order valence-corrected chi connectivity index (χ1v) is 5.51. The number of hydrogen-bond donors (Lipinski definition) is 0. The minimum Gasteiger partial charge on any atom is -0.852 e. The molecule has 2 unspecified atom stereocenters. The van der Waals surface area contributed by atoms with Crippen LogP contribution in [0, 0.1) is 11.6 Å². The van der Waals surface area contributed by atoms with Gasteiger partial charge in [0.25, 0.3) is 0 Å². The van der Waals surface area contributed by atoms with Crippen LogP contribution >= 0.6 is 0 Å². The van der Waals surface area contributed by atoms with Crippen LogP contribution in [0.4, 0.5) is 8.78 Å². The van der Waals surface area contributed by atoms with Crippen molar-refractivity contribution in [3.8, 4) is 0 Å². The monoisotopic (exact) mass is 252 g/mol. The predicted octanol–water partition coefficient (Wildman–Crippen LogP) is 1.09. The summed E-state index contributed by atoms with van der Waals surface area (Å²) < 4.78 is 28.2. The van der Waals surface area contributed by atoms with Crippen molar-refractivity contribution < 1.29 is 13.9 Å². The summed E-state index contributed by atoms with van der Waals surface area (Å²) in [5.74, 6) is -1.83. The molecule has 0 saturated heterocycles. The van der Waals surface area contributed by atoms with E-state index in [0.29, 0.717) is 0 Å². The van der Waals surface area contributed by atoms with Crippen LogP contribution in [0.25, 0.3) is 0 Å². The van der Waals surface area contributed by atoms with E-state index in [1.54, 1.807) is 0 Å². The van der Waals surface area contributed by atoms with Gasteiger partial charge in [-0.3, -0.25) is 4.68 Å². The minimum atomic E-state index is -1.08. The molecule has 2 rings (SSSR count). The first-order valence-electron chi connectivity index (χ1n) is 5.51. The van der Waals surface area contributed by atoms with Gasteiger partial charge in [-0.2, -0.15) is 5.10 Å². The Morgan fingerprint density at radius 2 is 2.17 bits per heavy atom. The van der Waals surface area contributed by atoms with Crippen LogP contribution in [-0.2, 0) is 6.54 Å². The zero-order valence-electron chi connectivity index (χ0n) is 9.75. The number of benzene rings is 1. The van der Waals surface area contributed by atoms with Crippen LogP contribution in [0.1, 0.15) is 18.4 Å². The predicted molar refractivity (Wildman–Crippen MR) is 58.6 cm³/mol. The van der Waals surface area contributed by atoms with E-state index in [9.17, 15) is 13.9 Å². The number of hydrogen-bond acceptors (Lipinski definition) is 3. The number of nitrogens with zero attached hydrogens (tertiary/aromatic N) is 3. The van der Waals surface area contributed by atoms with Gasteiger partial charge in [0.05, 0.1) is 0 Å². The molecule has 4 nitrogen and oxygen atoms in total. The molecular weight excluding hydrogens is 240 g/mol. The lowest BCUT2D eigenvalue weighted by molar-refractivity contribution is -0.420. The Balaban J connectivity index is 2.32. The van der Waals surface area contributed by atoms with Crippen LogP contribution < -0.4 is 5.11 Å². The van der Waals surface area contributed by atoms with Gasteiger partial charge in [0, 0.05) is 6.54 Å². The lowest BCUT2D eigenvalue weighted by atomic mass is 9.93. The van der Waals surface area contributed by atoms with Crippen LogP contribution in [0.2, 0.25) is 0 Å². The third-order valence-corrected chi connectivity index (χ3v) is 2.77. The minimum absolute atomic E-state index is 0.0769. The quantitative estimate of drug-likeness (QED) is 0.818. The summed E-state index contributed by atoms with van der Waals surface area (Å²) in [4.78, 5) is 3.75. The Kier molecular flexibility index (Phi) is 3.66. The van der Waals surface area contributed by atoms with E-state index < -0.39 is 23.7 Å². The molecule has 1 aromatic carbocycles. The van der Waals surface area contributed by atoms with Crippen LogP contribution in [0.3, 0.4) is 0 Å². The average Bonchev–Trinajstić information content (AvgIpc) is 2.82. The molecule has 96 valence electrons. The molecule has 0 spiro atoms. The van der Waals surface area contributed by atoms with E-state index in [2.05, 4.69) is 10.1 Å². The molecule has 0 N–H and O–H groups in total. The molecule has 0 fully saturated rings. The SMILES string of the molecule is CC([O-])C(Cn1cncn1)c1cc(F)ccc1F. The Labute approximate surface area is 103 Å². The number of rotatable bonds is 4. The summed E-state index contributed by atoms with van der Waals surface area (Å²) >= 11 is 0. The third kappa shape index (κ3) is 2.70. The second-order valence-corrected chi connectivity index (χ2v) is 4.09. The fourth-order valence-corrected chi connectivity index (χ4v) is 1.83. The van der Waals surface area contributed by atoms with Crippen molar-refractivity contribution in [1.29, 1.82) is 0 Å². The molecule has 0 bridgehead atoms. The zero-order chi connectivity index (χ0) is 13.1. The largest absolute Gasteiger partial charge is 0.852 e. The Morgan fingerprint density at radius 3 is 2.78 bits per heavy atom. The number of halogens is 2. The van der Waals surface area contributed by atoms with Gasteiger partial charge >= 0.3 is 0 Å². The highest BCUT2D eigenvalue weighted by molar-refractivity contribution is 5.23. The topological polar surface area (TPSA) is 53.8 Å². The van der Waals surface area contributed by atoms with Crippen LogP contribution in [0.15, 0.2) is 30.9 Å². The Morgan fingerprint density at radius 1 is 1.39 bits per heavy atom. The molecule has 0 saturated carbocycles. The molecule has 0 aliphatic heterocycles. The van der Waals surface area contributed by atoms with Crippen molar-refractivity contribution in [1.82, 2.24) is 14.8 Å². The fourth-order valence-electron chi connectivity index (χ4n) is 1.83. The normalized spacial score (nSPS) is 14.4.